The first-order valence-corrected chi connectivity index (χ1v) is 4.38. The van der Waals surface area contributed by atoms with Crippen LogP contribution in [0.5, 0.6) is 0 Å². The van der Waals surface area contributed by atoms with E-state index in [9.17, 15) is 0 Å². The number of hydrogen-bond donors (Lipinski definition) is 0. The summed E-state index contributed by atoms with van der Waals surface area (Å²) in [7, 11) is 1.68. The van der Waals surface area contributed by atoms with Crippen LogP contribution in [0, 0.1) is 18.3 Å². The molecule has 0 saturated heterocycles. The van der Waals surface area contributed by atoms with E-state index >= 15 is 0 Å². The van der Waals surface area contributed by atoms with E-state index in [4.69, 9.17) is 4.74 Å². The van der Waals surface area contributed by atoms with Gasteiger partial charge in [0, 0.05) is 7.11 Å². The SMILES string of the molecule is COC(C)C#CC1=CC[CH]CC1. The minimum Gasteiger partial charge on any atom is -0.369 e. The Kier molecular flexibility index (Phi) is 3.90. The highest BCUT2D eigenvalue weighted by Gasteiger charge is 2.00. The van der Waals surface area contributed by atoms with Crippen molar-refractivity contribution in [2.24, 2.45) is 0 Å². The van der Waals surface area contributed by atoms with E-state index in [1.54, 1.807) is 7.11 Å². The Balaban J connectivity index is 2.46. The molecule has 1 atom stereocenters. The van der Waals surface area contributed by atoms with Gasteiger partial charge < -0.3 is 4.74 Å². The number of ether oxygens (including phenoxy) is 1. The monoisotopic (exact) mass is 163 g/mol. The zero-order valence-corrected chi connectivity index (χ0v) is 7.76. The third-order valence-electron chi connectivity index (χ3n) is 1.94. The third kappa shape index (κ3) is 3.11. The number of allylic oxidation sites excluding steroid dienone is 2. The third-order valence-corrected chi connectivity index (χ3v) is 1.94. The van der Waals surface area contributed by atoms with E-state index in [1.807, 2.05) is 6.92 Å². The van der Waals surface area contributed by atoms with Gasteiger partial charge in [-0.15, -0.1) is 0 Å². The quantitative estimate of drug-likeness (QED) is 0.539. The molecule has 1 heteroatoms. The zero-order valence-electron chi connectivity index (χ0n) is 7.76. The van der Waals surface area contributed by atoms with Crippen molar-refractivity contribution in [3.05, 3.63) is 18.1 Å². The topological polar surface area (TPSA) is 9.23 Å². The van der Waals surface area contributed by atoms with Crippen molar-refractivity contribution in [3.63, 3.8) is 0 Å². The van der Waals surface area contributed by atoms with Crippen LogP contribution >= 0.6 is 0 Å². The lowest BCUT2D eigenvalue weighted by atomic mass is 10.00. The summed E-state index contributed by atoms with van der Waals surface area (Å²) in [5, 5.41) is 0. The van der Waals surface area contributed by atoms with Gasteiger partial charge in [0.1, 0.15) is 6.10 Å². The highest BCUT2D eigenvalue weighted by molar-refractivity contribution is 5.31. The molecule has 0 N–H and O–H groups in total. The summed E-state index contributed by atoms with van der Waals surface area (Å²) in [6, 6.07) is 0. The summed E-state index contributed by atoms with van der Waals surface area (Å²) in [5.74, 6) is 6.19. The second-order valence-electron chi connectivity index (χ2n) is 2.94. The first kappa shape index (κ1) is 9.35. The van der Waals surface area contributed by atoms with Crippen LogP contribution in [-0.2, 0) is 4.74 Å². The molecule has 1 aliphatic rings. The van der Waals surface area contributed by atoms with Crippen LogP contribution in [0.3, 0.4) is 0 Å². The molecule has 0 aliphatic heterocycles. The Morgan fingerprint density at radius 1 is 1.58 bits per heavy atom. The van der Waals surface area contributed by atoms with E-state index < -0.39 is 0 Å². The average molecular weight is 163 g/mol. The molecular weight excluding hydrogens is 148 g/mol. The van der Waals surface area contributed by atoms with Gasteiger partial charge >= 0.3 is 0 Å². The van der Waals surface area contributed by atoms with Crippen LogP contribution in [0.1, 0.15) is 26.2 Å². The van der Waals surface area contributed by atoms with Gasteiger partial charge in [-0.25, -0.2) is 0 Å². The van der Waals surface area contributed by atoms with Gasteiger partial charge in [0.05, 0.1) is 0 Å². The second-order valence-corrected chi connectivity index (χ2v) is 2.94. The van der Waals surface area contributed by atoms with Crippen molar-refractivity contribution in [1.82, 2.24) is 0 Å². The normalized spacial score (nSPS) is 19.0. The van der Waals surface area contributed by atoms with Gasteiger partial charge in [-0.3, -0.25) is 0 Å². The van der Waals surface area contributed by atoms with Crippen molar-refractivity contribution < 1.29 is 4.74 Å². The predicted molar refractivity (Wildman–Crippen MR) is 50.5 cm³/mol. The predicted octanol–water partition coefficient (Wildman–Crippen LogP) is 2.34. The van der Waals surface area contributed by atoms with Crippen LogP contribution in [0.4, 0.5) is 0 Å². The van der Waals surface area contributed by atoms with Crippen LogP contribution < -0.4 is 0 Å². The molecule has 1 unspecified atom stereocenters. The van der Waals surface area contributed by atoms with Gasteiger partial charge in [-0.2, -0.15) is 0 Å². The molecule has 0 heterocycles. The molecule has 0 aromatic rings. The molecule has 0 spiro atoms. The Hall–Kier alpha value is -0.740. The Morgan fingerprint density at radius 2 is 2.42 bits per heavy atom. The fourth-order valence-corrected chi connectivity index (χ4v) is 1.07. The van der Waals surface area contributed by atoms with E-state index in [-0.39, 0.29) is 6.10 Å². The maximum atomic E-state index is 5.03. The number of rotatable bonds is 1. The Bertz CT molecular complexity index is 217. The molecule has 0 aromatic carbocycles. The molecule has 0 bridgehead atoms. The van der Waals surface area contributed by atoms with Crippen LogP contribution in [-0.4, -0.2) is 13.2 Å². The fourth-order valence-electron chi connectivity index (χ4n) is 1.07. The first-order chi connectivity index (χ1) is 5.83. The lowest BCUT2D eigenvalue weighted by Gasteiger charge is -2.06. The zero-order chi connectivity index (χ0) is 8.81. The van der Waals surface area contributed by atoms with E-state index in [0.29, 0.717) is 0 Å². The van der Waals surface area contributed by atoms with Crippen LogP contribution in [0.2, 0.25) is 0 Å². The smallest absolute Gasteiger partial charge is 0.115 e. The first-order valence-electron chi connectivity index (χ1n) is 4.38. The molecule has 65 valence electrons. The Labute approximate surface area is 74.8 Å². The van der Waals surface area contributed by atoms with E-state index in [0.717, 1.165) is 12.8 Å². The summed E-state index contributed by atoms with van der Waals surface area (Å²) in [4.78, 5) is 0. The van der Waals surface area contributed by atoms with E-state index in [2.05, 4.69) is 24.3 Å². The van der Waals surface area contributed by atoms with Crippen molar-refractivity contribution in [2.75, 3.05) is 7.11 Å². The van der Waals surface area contributed by atoms with E-state index in [1.165, 1.54) is 12.0 Å². The number of hydrogen-bond acceptors (Lipinski definition) is 1. The van der Waals surface area contributed by atoms with Crippen molar-refractivity contribution >= 4 is 0 Å². The van der Waals surface area contributed by atoms with Gasteiger partial charge in [0.25, 0.3) is 0 Å². The molecule has 1 rings (SSSR count). The minimum absolute atomic E-state index is 0.0526. The average Bonchev–Trinajstić information content (AvgIpc) is 2.16. The minimum atomic E-state index is 0.0526. The summed E-state index contributed by atoms with van der Waals surface area (Å²) in [6.07, 6.45) is 7.87. The summed E-state index contributed by atoms with van der Waals surface area (Å²) >= 11 is 0. The highest BCUT2D eigenvalue weighted by atomic mass is 16.5. The summed E-state index contributed by atoms with van der Waals surface area (Å²) in [5.41, 5.74) is 1.27. The van der Waals surface area contributed by atoms with Crippen molar-refractivity contribution in [1.29, 1.82) is 0 Å². The summed E-state index contributed by atoms with van der Waals surface area (Å²) in [6.45, 7) is 1.96. The molecular formula is C11H15O. The lowest BCUT2D eigenvalue weighted by Crippen LogP contribution is -2.00. The molecule has 0 fully saturated rings. The van der Waals surface area contributed by atoms with Crippen LogP contribution in [0.25, 0.3) is 0 Å². The molecule has 1 radical (unpaired) electrons. The lowest BCUT2D eigenvalue weighted by molar-refractivity contribution is 0.163. The van der Waals surface area contributed by atoms with Gasteiger partial charge in [-0.1, -0.05) is 17.9 Å². The summed E-state index contributed by atoms with van der Waals surface area (Å²) < 4.78 is 5.03. The fraction of sp³-hybridized carbons (Fsp3) is 0.545. The molecule has 0 saturated carbocycles. The van der Waals surface area contributed by atoms with Crippen molar-refractivity contribution in [2.45, 2.75) is 32.3 Å². The maximum Gasteiger partial charge on any atom is 0.115 e. The molecule has 1 nitrogen and oxygen atoms in total. The van der Waals surface area contributed by atoms with Gasteiger partial charge in [0.15, 0.2) is 0 Å². The maximum absolute atomic E-state index is 5.03. The molecule has 0 aromatic heterocycles. The Morgan fingerprint density at radius 3 is 3.00 bits per heavy atom. The molecule has 1 aliphatic carbocycles. The van der Waals surface area contributed by atoms with Crippen molar-refractivity contribution in [3.8, 4) is 11.8 Å². The highest BCUT2D eigenvalue weighted by Crippen LogP contribution is 2.15. The second kappa shape index (κ2) is 5.00. The van der Waals surface area contributed by atoms with Gasteiger partial charge in [-0.05, 0) is 38.2 Å². The molecule has 0 amide bonds. The standard InChI is InChI=1S/C11H15O/c1-10(12-2)8-9-11-6-4-3-5-7-11/h3,6,10H,4-5,7H2,1-2H3. The number of methoxy groups -OCH3 is 1. The van der Waals surface area contributed by atoms with Crippen LogP contribution in [0.15, 0.2) is 11.6 Å². The van der Waals surface area contributed by atoms with Gasteiger partial charge in [0.2, 0.25) is 0 Å². The largest absolute Gasteiger partial charge is 0.369 e. The molecule has 12 heavy (non-hydrogen) atoms.